The first-order valence-electron chi connectivity index (χ1n) is 19.0. The Balaban J connectivity index is 0. The van der Waals surface area contributed by atoms with E-state index in [1.165, 1.54) is 178 Å². The van der Waals surface area contributed by atoms with Crippen molar-refractivity contribution in [1.82, 2.24) is 0 Å². The topological polar surface area (TPSA) is 0 Å². The molecule has 0 heterocycles. The molecule has 0 atom stereocenters. The molecule has 1 rings (SSSR count). The van der Waals surface area contributed by atoms with Crippen LogP contribution in [0.15, 0.2) is 24.3 Å². The summed E-state index contributed by atoms with van der Waals surface area (Å²) in [4.78, 5) is 0. The summed E-state index contributed by atoms with van der Waals surface area (Å²) in [6.45, 7) is 9.50. The number of nitrogens with zero attached hydrogens (tertiary/aromatic N) is 2. The van der Waals surface area contributed by atoms with E-state index in [4.69, 9.17) is 0 Å². The molecular formula is C40H78Cl2N2. The van der Waals surface area contributed by atoms with E-state index in [1.54, 1.807) is 0 Å². The number of hydrogen-bond donors (Lipinski definition) is 0. The van der Waals surface area contributed by atoms with Crippen LogP contribution >= 0.6 is 0 Å². The molecule has 2 nitrogen and oxygen atoms in total. The number of quaternary nitrogens is 2. The minimum absolute atomic E-state index is 0. The molecule has 0 aliphatic heterocycles. The average Bonchev–Trinajstić information content (AvgIpc) is 2.94. The van der Waals surface area contributed by atoms with Crippen LogP contribution in [0.25, 0.3) is 0 Å². The first-order chi connectivity index (χ1) is 20.3. The van der Waals surface area contributed by atoms with Crippen LogP contribution < -0.4 is 24.8 Å². The molecular weight excluding hydrogens is 579 g/mol. The molecule has 1 aromatic rings. The third kappa shape index (κ3) is 28.0. The van der Waals surface area contributed by atoms with Crippen molar-refractivity contribution >= 4 is 0 Å². The van der Waals surface area contributed by atoms with Gasteiger partial charge in [0.1, 0.15) is 13.1 Å². The normalized spacial score (nSPS) is 11.8. The molecule has 0 amide bonds. The maximum Gasteiger partial charge on any atom is 0.104 e. The van der Waals surface area contributed by atoms with Crippen molar-refractivity contribution in [2.24, 2.45) is 0 Å². The lowest BCUT2D eigenvalue weighted by molar-refractivity contribution is -0.904. The fourth-order valence-electron chi connectivity index (χ4n) is 6.73. The molecule has 1 aromatic carbocycles. The van der Waals surface area contributed by atoms with Crippen LogP contribution in [-0.4, -0.2) is 50.2 Å². The number of halogens is 2. The van der Waals surface area contributed by atoms with Gasteiger partial charge in [0.25, 0.3) is 0 Å². The molecule has 0 saturated heterocycles. The Kier molecular flexibility index (Phi) is 31.3. The van der Waals surface area contributed by atoms with Gasteiger partial charge in [-0.15, -0.1) is 0 Å². The smallest absolute Gasteiger partial charge is 0.104 e. The van der Waals surface area contributed by atoms with Crippen LogP contribution in [0.2, 0.25) is 0 Å². The summed E-state index contributed by atoms with van der Waals surface area (Å²) in [7, 11) is 9.72. The van der Waals surface area contributed by atoms with Crippen molar-refractivity contribution in [3.63, 3.8) is 0 Å². The van der Waals surface area contributed by atoms with Crippen LogP contribution in [0.1, 0.15) is 179 Å². The van der Waals surface area contributed by atoms with Gasteiger partial charge in [0.15, 0.2) is 0 Å². The average molecular weight is 658 g/mol. The molecule has 0 unspecified atom stereocenters. The summed E-state index contributed by atoms with van der Waals surface area (Å²) in [6.07, 6.45) is 34.3. The van der Waals surface area contributed by atoms with Gasteiger partial charge in [-0.1, -0.05) is 160 Å². The zero-order valence-electron chi connectivity index (χ0n) is 30.8. The Morgan fingerprint density at radius 2 is 0.636 bits per heavy atom. The largest absolute Gasteiger partial charge is 1.00 e. The van der Waals surface area contributed by atoms with Crippen molar-refractivity contribution < 1.29 is 33.8 Å². The van der Waals surface area contributed by atoms with E-state index in [9.17, 15) is 0 Å². The first kappa shape index (κ1) is 45.8. The van der Waals surface area contributed by atoms with Crippen LogP contribution in [0.5, 0.6) is 0 Å². The maximum atomic E-state index is 2.50. The van der Waals surface area contributed by atoms with Crippen molar-refractivity contribution in [2.45, 2.75) is 181 Å². The van der Waals surface area contributed by atoms with E-state index < -0.39 is 0 Å². The maximum absolute atomic E-state index is 2.50. The van der Waals surface area contributed by atoms with Gasteiger partial charge < -0.3 is 33.8 Å². The Hall–Kier alpha value is -0.280. The lowest BCUT2D eigenvalue weighted by atomic mass is 10.0. The standard InChI is InChI=1S/C40H78N2.2ClH/c1-7-9-11-13-15-17-19-21-23-25-27-29-34-41(3,4)37-39-32-31-33-40(36-39)38-42(5,6)35-30-28-26-24-22-20-18-16-14-12-10-8-2;;/h31-33,36H,7-30,34-35,37-38H2,1-6H3;2*1H/q+2;;/p-2. The van der Waals surface area contributed by atoms with E-state index in [0.29, 0.717) is 0 Å². The molecule has 0 fully saturated rings. The highest BCUT2D eigenvalue weighted by molar-refractivity contribution is 5.22. The summed E-state index contributed by atoms with van der Waals surface area (Å²) in [5, 5.41) is 0. The van der Waals surface area contributed by atoms with Gasteiger partial charge in [-0.2, -0.15) is 0 Å². The number of hydrogen-bond acceptors (Lipinski definition) is 0. The fourth-order valence-corrected chi connectivity index (χ4v) is 6.73. The second kappa shape index (κ2) is 30.1. The predicted molar refractivity (Wildman–Crippen MR) is 190 cm³/mol. The van der Waals surface area contributed by atoms with E-state index in [-0.39, 0.29) is 24.8 Å². The molecule has 0 aliphatic carbocycles. The molecule has 262 valence electrons. The van der Waals surface area contributed by atoms with E-state index in [0.717, 1.165) is 22.1 Å². The molecule has 0 radical (unpaired) electrons. The number of unbranched alkanes of at least 4 members (excludes halogenated alkanes) is 22. The van der Waals surface area contributed by atoms with Gasteiger partial charge in [-0.25, -0.2) is 0 Å². The highest BCUT2D eigenvalue weighted by Gasteiger charge is 2.18. The molecule has 44 heavy (non-hydrogen) atoms. The van der Waals surface area contributed by atoms with Crippen molar-refractivity contribution in [3.8, 4) is 0 Å². The van der Waals surface area contributed by atoms with E-state index in [2.05, 4.69) is 66.3 Å². The number of rotatable bonds is 30. The van der Waals surface area contributed by atoms with Gasteiger partial charge in [0.2, 0.25) is 0 Å². The highest BCUT2D eigenvalue weighted by Crippen LogP contribution is 2.18. The molecule has 0 saturated carbocycles. The van der Waals surface area contributed by atoms with Gasteiger partial charge >= 0.3 is 0 Å². The summed E-state index contributed by atoms with van der Waals surface area (Å²) >= 11 is 0. The van der Waals surface area contributed by atoms with Crippen molar-refractivity contribution in [2.75, 3.05) is 41.3 Å². The Morgan fingerprint density at radius 3 is 0.909 bits per heavy atom. The van der Waals surface area contributed by atoms with Crippen molar-refractivity contribution in [3.05, 3.63) is 35.4 Å². The fraction of sp³-hybridized carbons (Fsp3) is 0.850. The minimum Gasteiger partial charge on any atom is -1.00 e. The Morgan fingerprint density at radius 1 is 0.386 bits per heavy atom. The SMILES string of the molecule is CCCCCCCCCCCCCC[N+](C)(C)Cc1cccc(C[N+](C)(C)CCCCCCCCCCCCCC)c1.[Cl-].[Cl-]. The van der Waals surface area contributed by atoms with Crippen LogP contribution in [0.3, 0.4) is 0 Å². The van der Waals surface area contributed by atoms with Crippen LogP contribution in [0, 0.1) is 0 Å². The zero-order chi connectivity index (χ0) is 30.8. The first-order valence-corrected chi connectivity index (χ1v) is 19.0. The lowest BCUT2D eigenvalue weighted by Gasteiger charge is -2.31. The molecule has 4 heteroatoms. The second-order valence-corrected chi connectivity index (χ2v) is 15.2. The highest BCUT2D eigenvalue weighted by atomic mass is 35.5. The van der Waals surface area contributed by atoms with Gasteiger partial charge in [-0.3, -0.25) is 0 Å². The molecule has 0 bridgehead atoms. The monoisotopic (exact) mass is 657 g/mol. The summed E-state index contributed by atoms with van der Waals surface area (Å²) < 4.78 is 2.22. The Labute approximate surface area is 290 Å². The van der Waals surface area contributed by atoms with Gasteiger partial charge in [0, 0.05) is 11.1 Å². The molecule has 0 N–H and O–H groups in total. The third-order valence-corrected chi connectivity index (χ3v) is 9.45. The van der Waals surface area contributed by atoms with Gasteiger partial charge in [0.05, 0.1) is 41.3 Å². The summed E-state index contributed by atoms with van der Waals surface area (Å²) in [5.41, 5.74) is 3.03. The number of benzene rings is 1. The quantitative estimate of drug-likeness (QED) is 0.0678. The third-order valence-electron chi connectivity index (χ3n) is 9.45. The van der Waals surface area contributed by atoms with Crippen LogP contribution in [0.4, 0.5) is 0 Å². The second-order valence-electron chi connectivity index (χ2n) is 15.2. The summed E-state index contributed by atoms with van der Waals surface area (Å²) in [6, 6.07) is 9.52. The van der Waals surface area contributed by atoms with Gasteiger partial charge in [-0.05, 0) is 31.7 Å². The zero-order valence-corrected chi connectivity index (χ0v) is 32.3. The molecule has 0 spiro atoms. The van der Waals surface area contributed by atoms with Crippen LogP contribution in [-0.2, 0) is 13.1 Å². The summed E-state index contributed by atoms with van der Waals surface area (Å²) in [5.74, 6) is 0. The predicted octanol–water partition coefficient (Wildman–Crippen LogP) is 6.25. The van der Waals surface area contributed by atoms with E-state index >= 15 is 0 Å². The molecule has 0 aliphatic rings. The lowest BCUT2D eigenvalue weighted by Crippen LogP contribution is -3.00. The van der Waals surface area contributed by atoms with Crippen molar-refractivity contribution in [1.29, 1.82) is 0 Å². The Bertz CT molecular complexity index is 677. The van der Waals surface area contributed by atoms with E-state index in [1.807, 2.05) is 0 Å². The molecule has 0 aromatic heterocycles. The minimum atomic E-state index is 0.